The molecule has 1 aliphatic heterocycles. The van der Waals surface area contributed by atoms with E-state index in [-0.39, 0.29) is 6.10 Å². The Morgan fingerprint density at radius 3 is 1.95 bits per heavy atom. The third-order valence-electron chi connectivity index (χ3n) is 4.94. The molecule has 1 saturated heterocycles. The van der Waals surface area contributed by atoms with Gasteiger partial charge in [-0.15, -0.1) is 0 Å². The molecule has 2 unspecified atom stereocenters. The van der Waals surface area contributed by atoms with E-state index in [4.69, 9.17) is 0 Å². The molecular weight excluding hydrogens is 236 g/mol. The third kappa shape index (κ3) is 5.41. The van der Waals surface area contributed by atoms with Crippen LogP contribution in [0.5, 0.6) is 0 Å². The average molecular weight is 268 g/mol. The van der Waals surface area contributed by atoms with Gasteiger partial charge in [0.2, 0.25) is 0 Å². The Bertz CT molecular complexity index is 225. The van der Waals surface area contributed by atoms with Crippen molar-refractivity contribution in [3.8, 4) is 0 Å². The zero-order valence-corrected chi connectivity index (χ0v) is 12.4. The van der Waals surface area contributed by atoms with E-state index in [1.54, 1.807) is 0 Å². The van der Waals surface area contributed by atoms with Crippen LogP contribution in [0.4, 0.5) is 0 Å². The van der Waals surface area contributed by atoms with Gasteiger partial charge in [0.15, 0.2) is 0 Å². The van der Waals surface area contributed by atoms with Crippen LogP contribution < -0.4 is 10.6 Å². The highest BCUT2D eigenvalue weighted by atomic mass is 16.3. The van der Waals surface area contributed by atoms with Crippen LogP contribution in [0.15, 0.2) is 0 Å². The molecule has 1 heterocycles. The number of rotatable bonds is 1. The van der Waals surface area contributed by atoms with Crippen LogP contribution in [0, 0.1) is 11.8 Å². The first-order chi connectivity index (χ1) is 9.38. The van der Waals surface area contributed by atoms with Gasteiger partial charge in [0, 0.05) is 19.0 Å². The lowest BCUT2D eigenvalue weighted by atomic mass is 9.81. The fourth-order valence-corrected chi connectivity index (χ4v) is 3.72. The molecule has 0 amide bonds. The Morgan fingerprint density at radius 2 is 1.26 bits per heavy atom. The summed E-state index contributed by atoms with van der Waals surface area (Å²) in [6, 6.07) is 0. The average Bonchev–Trinajstić information content (AvgIpc) is 2.60. The molecule has 1 aliphatic carbocycles. The Balaban J connectivity index is 1.92. The summed E-state index contributed by atoms with van der Waals surface area (Å²) in [4.78, 5) is 0. The van der Waals surface area contributed by atoms with Crippen molar-refractivity contribution in [2.75, 3.05) is 26.2 Å². The highest BCUT2D eigenvalue weighted by molar-refractivity contribution is 4.82. The predicted molar refractivity (Wildman–Crippen MR) is 80.3 cm³/mol. The first-order valence-corrected chi connectivity index (χ1v) is 8.47. The fourth-order valence-electron chi connectivity index (χ4n) is 3.72. The van der Waals surface area contributed by atoms with Gasteiger partial charge in [0.1, 0.15) is 0 Å². The number of aliphatic hydroxyl groups excluding tert-OH is 1. The summed E-state index contributed by atoms with van der Waals surface area (Å²) in [5.41, 5.74) is 0. The van der Waals surface area contributed by atoms with Crippen molar-refractivity contribution in [3.63, 3.8) is 0 Å². The van der Waals surface area contributed by atoms with Gasteiger partial charge in [-0.05, 0) is 25.4 Å². The fraction of sp³-hybridized carbons (Fsp3) is 1.00. The zero-order chi connectivity index (χ0) is 13.3. The summed E-state index contributed by atoms with van der Waals surface area (Å²) in [7, 11) is 0. The van der Waals surface area contributed by atoms with Crippen LogP contribution in [0.3, 0.4) is 0 Å². The predicted octanol–water partition coefficient (Wildman–Crippen LogP) is 2.30. The molecule has 0 radical (unpaired) electrons. The molecule has 1 saturated carbocycles. The molecular formula is C16H32N2O. The number of β-amino-alcohol motifs (C(OH)–C–C–N with tert-alkyl or cyclic N) is 1. The van der Waals surface area contributed by atoms with E-state index >= 15 is 0 Å². The van der Waals surface area contributed by atoms with Crippen LogP contribution in [0.2, 0.25) is 0 Å². The van der Waals surface area contributed by atoms with E-state index in [1.165, 1.54) is 57.8 Å². The summed E-state index contributed by atoms with van der Waals surface area (Å²) in [6.07, 6.45) is 12.0. The van der Waals surface area contributed by atoms with Crippen LogP contribution >= 0.6 is 0 Å². The number of hydrogen-bond donors (Lipinski definition) is 3. The van der Waals surface area contributed by atoms with E-state index in [0.717, 1.165) is 32.1 Å². The molecule has 112 valence electrons. The first kappa shape index (κ1) is 15.3. The third-order valence-corrected chi connectivity index (χ3v) is 4.94. The van der Waals surface area contributed by atoms with Crippen molar-refractivity contribution in [1.82, 2.24) is 10.6 Å². The lowest BCUT2D eigenvalue weighted by Gasteiger charge is -2.31. The number of aliphatic hydroxyl groups is 1. The second kappa shape index (κ2) is 8.93. The van der Waals surface area contributed by atoms with Gasteiger partial charge in [-0.25, -0.2) is 0 Å². The Labute approximate surface area is 118 Å². The molecule has 0 spiro atoms. The van der Waals surface area contributed by atoms with Crippen molar-refractivity contribution < 1.29 is 5.11 Å². The number of nitrogens with one attached hydrogen (secondary N) is 2. The molecule has 3 N–H and O–H groups in total. The molecule has 3 nitrogen and oxygen atoms in total. The van der Waals surface area contributed by atoms with Crippen molar-refractivity contribution in [2.45, 2.75) is 63.9 Å². The van der Waals surface area contributed by atoms with Crippen molar-refractivity contribution >= 4 is 0 Å². The van der Waals surface area contributed by atoms with E-state index in [1.807, 2.05) is 0 Å². The molecule has 0 aromatic heterocycles. The second-order valence-corrected chi connectivity index (χ2v) is 6.45. The van der Waals surface area contributed by atoms with Crippen LogP contribution in [-0.2, 0) is 0 Å². The van der Waals surface area contributed by atoms with E-state index in [2.05, 4.69) is 10.6 Å². The molecule has 0 aromatic rings. The van der Waals surface area contributed by atoms with Gasteiger partial charge >= 0.3 is 0 Å². The molecule has 2 fully saturated rings. The quantitative estimate of drug-likeness (QED) is 0.684. The molecule has 3 heteroatoms. The minimum Gasteiger partial charge on any atom is -0.391 e. The first-order valence-electron chi connectivity index (χ1n) is 8.47. The Morgan fingerprint density at radius 1 is 0.684 bits per heavy atom. The highest BCUT2D eigenvalue weighted by Gasteiger charge is 2.28. The van der Waals surface area contributed by atoms with Gasteiger partial charge in [-0.2, -0.15) is 0 Å². The molecule has 19 heavy (non-hydrogen) atoms. The molecule has 0 aromatic carbocycles. The SMILES string of the molecule is OC1CNCCCNCC1C1CCCCCCCC1. The van der Waals surface area contributed by atoms with Gasteiger partial charge in [-0.1, -0.05) is 51.4 Å². The standard InChI is InChI=1S/C16H32N2O/c19-16-13-18-11-7-10-17-12-15(16)14-8-5-3-1-2-4-6-9-14/h14-19H,1-13H2. The smallest absolute Gasteiger partial charge is 0.0707 e. The lowest BCUT2D eigenvalue weighted by Crippen LogP contribution is -2.40. The summed E-state index contributed by atoms with van der Waals surface area (Å²) in [5.74, 6) is 1.17. The highest BCUT2D eigenvalue weighted by Crippen LogP contribution is 2.29. The minimum absolute atomic E-state index is 0.170. The van der Waals surface area contributed by atoms with Gasteiger partial charge in [-0.3, -0.25) is 0 Å². The summed E-state index contributed by atoms with van der Waals surface area (Å²) >= 11 is 0. The van der Waals surface area contributed by atoms with E-state index in [0.29, 0.717) is 5.92 Å². The van der Waals surface area contributed by atoms with E-state index < -0.39 is 0 Å². The molecule has 2 rings (SSSR count). The molecule has 0 bridgehead atoms. The van der Waals surface area contributed by atoms with Crippen molar-refractivity contribution in [1.29, 1.82) is 0 Å². The Hall–Kier alpha value is -0.120. The lowest BCUT2D eigenvalue weighted by molar-refractivity contribution is 0.0662. The van der Waals surface area contributed by atoms with Gasteiger partial charge in [0.05, 0.1) is 6.10 Å². The van der Waals surface area contributed by atoms with Gasteiger partial charge < -0.3 is 15.7 Å². The topological polar surface area (TPSA) is 44.3 Å². The van der Waals surface area contributed by atoms with Crippen molar-refractivity contribution in [2.24, 2.45) is 11.8 Å². The number of hydrogen-bond acceptors (Lipinski definition) is 3. The largest absolute Gasteiger partial charge is 0.391 e. The summed E-state index contributed by atoms with van der Waals surface area (Å²) in [5, 5.41) is 17.4. The summed E-state index contributed by atoms with van der Waals surface area (Å²) < 4.78 is 0. The molecule has 2 aliphatic rings. The Kier molecular flexibility index (Phi) is 7.18. The monoisotopic (exact) mass is 268 g/mol. The van der Waals surface area contributed by atoms with Crippen molar-refractivity contribution in [3.05, 3.63) is 0 Å². The van der Waals surface area contributed by atoms with Crippen LogP contribution in [0.25, 0.3) is 0 Å². The summed E-state index contributed by atoms with van der Waals surface area (Å²) in [6.45, 7) is 3.90. The van der Waals surface area contributed by atoms with Crippen LogP contribution in [0.1, 0.15) is 57.8 Å². The van der Waals surface area contributed by atoms with E-state index in [9.17, 15) is 5.11 Å². The normalized spacial score (nSPS) is 33.3. The van der Waals surface area contributed by atoms with Crippen LogP contribution in [-0.4, -0.2) is 37.4 Å². The second-order valence-electron chi connectivity index (χ2n) is 6.45. The maximum absolute atomic E-state index is 10.5. The zero-order valence-electron chi connectivity index (χ0n) is 12.4. The minimum atomic E-state index is -0.170. The molecule has 2 atom stereocenters. The maximum Gasteiger partial charge on any atom is 0.0707 e. The maximum atomic E-state index is 10.5. The van der Waals surface area contributed by atoms with Gasteiger partial charge in [0.25, 0.3) is 0 Å².